The van der Waals surface area contributed by atoms with Crippen LogP contribution in [0.3, 0.4) is 0 Å². The molecular formula is C37H29ClN4O5S. The number of benzene rings is 5. The molecule has 3 N–H and O–H groups in total. The lowest BCUT2D eigenvalue weighted by Crippen LogP contribution is -2.30. The number of anilines is 2. The molecule has 240 valence electrons. The molecule has 1 unspecified atom stereocenters. The minimum absolute atomic E-state index is 0.0748. The molecule has 0 aliphatic heterocycles. The first-order valence-corrected chi connectivity index (χ1v) is 15.9. The average molecular weight is 677 g/mol. The molecule has 0 spiro atoms. The minimum atomic E-state index is -0.640. The van der Waals surface area contributed by atoms with E-state index >= 15 is 0 Å². The predicted octanol–water partition coefficient (Wildman–Crippen LogP) is 8.44. The number of nitrogens with one attached hydrogen (secondary N) is 3. The summed E-state index contributed by atoms with van der Waals surface area (Å²) < 4.78 is 0. The second-order valence-electron chi connectivity index (χ2n) is 10.6. The Balaban J connectivity index is 1.39. The Hall–Kier alpha value is -5.71. The molecule has 5 aromatic rings. The van der Waals surface area contributed by atoms with Crippen molar-refractivity contribution in [1.29, 1.82) is 0 Å². The topological polar surface area (TPSA) is 130 Å². The lowest BCUT2D eigenvalue weighted by molar-refractivity contribution is -0.384. The zero-order valence-electron chi connectivity index (χ0n) is 25.6. The Morgan fingerprint density at radius 3 is 2.19 bits per heavy atom. The van der Waals surface area contributed by atoms with Gasteiger partial charge in [-0.1, -0.05) is 72.3 Å². The van der Waals surface area contributed by atoms with Crippen LogP contribution in [-0.4, -0.2) is 22.6 Å². The van der Waals surface area contributed by atoms with Crippen LogP contribution in [-0.2, 0) is 9.59 Å². The van der Waals surface area contributed by atoms with E-state index in [-0.39, 0.29) is 17.3 Å². The number of nitro groups is 1. The molecule has 0 radical (unpaired) electrons. The summed E-state index contributed by atoms with van der Waals surface area (Å²) in [5, 5.41) is 19.5. The van der Waals surface area contributed by atoms with Crippen molar-refractivity contribution < 1.29 is 19.3 Å². The highest BCUT2D eigenvalue weighted by Crippen LogP contribution is 2.37. The highest BCUT2D eigenvalue weighted by Gasteiger charge is 2.23. The number of hydrogen-bond donors (Lipinski definition) is 3. The van der Waals surface area contributed by atoms with E-state index in [0.717, 1.165) is 11.1 Å². The molecule has 9 nitrogen and oxygen atoms in total. The van der Waals surface area contributed by atoms with Gasteiger partial charge in [0.2, 0.25) is 5.91 Å². The lowest BCUT2D eigenvalue weighted by atomic mass is 10.1. The van der Waals surface area contributed by atoms with E-state index < -0.39 is 22.0 Å². The molecule has 0 fully saturated rings. The van der Waals surface area contributed by atoms with Gasteiger partial charge in [0, 0.05) is 39.0 Å². The van der Waals surface area contributed by atoms with Crippen LogP contribution in [0, 0.1) is 17.0 Å². The van der Waals surface area contributed by atoms with Gasteiger partial charge in [0.15, 0.2) is 0 Å². The number of carbonyl (C=O) groups excluding carboxylic acids is 3. The number of rotatable bonds is 11. The summed E-state index contributed by atoms with van der Waals surface area (Å²) in [7, 11) is 0. The highest BCUT2D eigenvalue weighted by atomic mass is 35.5. The van der Waals surface area contributed by atoms with Crippen LogP contribution >= 0.6 is 23.4 Å². The number of non-ortho nitro benzene ring substituents is 1. The van der Waals surface area contributed by atoms with Crippen LogP contribution in [0.25, 0.3) is 6.08 Å². The van der Waals surface area contributed by atoms with Crippen LogP contribution in [0.1, 0.15) is 32.3 Å². The fraction of sp³-hybridized carbons (Fsp3) is 0.0541. The van der Waals surface area contributed by atoms with Gasteiger partial charge in [-0.3, -0.25) is 24.5 Å². The van der Waals surface area contributed by atoms with Crippen molar-refractivity contribution in [1.82, 2.24) is 5.32 Å². The van der Waals surface area contributed by atoms with Gasteiger partial charge in [-0.05, 0) is 84.3 Å². The van der Waals surface area contributed by atoms with Gasteiger partial charge in [-0.2, -0.15) is 0 Å². The molecule has 0 aliphatic rings. The van der Waals surface area contributed by atoms with Gasteiger partial charge in [-0.15, -0.1) is 11.8 Å². The molecule has 0 saturated carbocycles. The molecule has 5 aromatic carbocycles. The van der Waals surface area contributed by atoms with Gasteiger partial charge in [0.05, 0.1) is 4.92 Å². The summed E-state index contributed by atoms with van der Waals surface area (Å²) in [5.41, 5.74) is 3.32. The third kappa shape index (κ3) is 8.97. The molecule has 0 aliphatic carbocycles. The summed E-state index contributed by atoms with van der Waals surface area (Å²) in [4.78, 5) is 51.6. The summed E-state index contributed by atoms with van der Waals surface area (Å²) in [5.74, 6) is -1.37. The Kier molecular flexibility index (Phi) is 11.0. The van der Waals surface area contributed by atoms with Crippen molar-refractivity contribution in [3.63, 3.8) is 0 Å². The first-order valence-electron chi connectivity index (χ1n) is 14.7. The largest absolute Gasteiger partial charge is 0.325 e. The van der Waals surface area contributed by atoms with Crippen LogP contribution in [0.2, 0.25) is 5.02 Å². The smallest absolute Gasteiger partial charge is 0.272 e. The number of hydrogen-bond acceptors (Lipinski definition) is 6. The van der Waals surface area contributed by atoms with Crippen LogP contribution in [0.5, 0.6) is 0 Å². The van der Waals surface area contributed by atoms with Crippen molar-refractivity contribution >= 4 is 64.2 Å². The maximum Gasteiger partial charge on any atom is 0.272 e. The Morgan fingerprint density at radius 1 is 0.812 bits per heavy atom. The van der Waals surface area contributed by atoms with E-state index in [1.54, 1.807) is 60.7 Å². The second kappa shape index (κ2) is 15.7. The van der Waals surface area contributed by atoms with Gasteiger partial charge in [0.25, 0.3) is 17.5 Å². The number of aryl methyl sites for hydroxylation is 1. The van der Waals surface area contributed by atoms with E-state index in [4.69, 9.17) is 11.6 Å². The van der Waals surface area contributed by atoms with E-state index in [2.05, 4.69) is 16.0 Å². The molecule has 5 rings (SSSR count). The van der Waals surface area contributed by atoms with E-state index in [9.17, 15) is 24.5 Å². The van der Waals surface area contributed by atoms with Gasteiger partial charge in [-0.25, -0.2) is 0 Å². The predicted molar refractivity (Wildman–Crippen MR) is 190 cm³/mol. The van der Waals surface area contributed by atoms with Gasteiger partial charge >= 0.3 is 0 Å². The lowest BCUT2D eigenvalue weighted by Gasteiger charge is -2.19. The van der Waals surface area contributed by atoms with Crippen molar-refractivity contribution in [3.8, 4) is 0 Å². The summed E-state index contributed by atoms with van der Waals surface area (Å²) in [6.07, 6.45) is 1.44. The number of carbonyl (C=O) groups is 3. The van der Waals surface area contributed by atoms with Gasteiger partial charge < -0.3 is 16.0 Å². The number of halogens is 1. The Labute approximate surface area is 286 Å². The average Bonchev–Trinajstić information content (AvgIpc) is 3.09. The van der Waals surface area contributed by atoms with E-state index in [0.29, 0.717) is 32.4 Å². The maximum atomic E-state index is 13.7. The Morgan fingerprint density at radius 2 is 1.50 bits per heavy atom. The fourth-order valence-corrected chi connectivity index (χ4v) is 5.87. The standard InChI is InChI=1S/C37H29ClN4O5S/c1-24-15-18-28(38)22-32(24)40-37(45)34(26-9-4-2-5-10-26)48-31-14-8-13-29(23-31)39-36(44)33(41-35(43)27-11-6-3-7-12-27)21-25-16-19-30(20-17-25)42(46)47/h2-23,34H,1H3,(H,39,44)(H,40,45)(H,41,43)/b33-21+. The van der Waals surface area contributed by atoms with Crippen molar-refractivity contribution in [3.05, 3.63) is 170 Å². The zero-order chi connectivity index (χ0) is 34.0. The normalized spacial score (nSPS) is 11.7. The zero-order valence-corrected chi connectivity index (χ0v) is 27.1. The van der Waals surface area contributed by atoms with E-state index in [1.165, 1.54) is 42.1 Å². The fourth-order valence-electron chi connectivity index (χ4n) is 4.61. The molecule has 48 heavy (non-hydrogen) atoms. The second-order valence-corrected chi connectivity index (χ2v) is 12.2. The Bertz CT molecular complexity index is 1990. The third-order valence-electron chi connectivity index (χ3n) is 7.09. The van der Waals surface area contributed by atoms with Crippen LogP contribution < -0.4 is 16.0 Å². The van der Waals surface area contributed by atoms with Crippen molar-refractivity contribution in [2.24, 2.45) is 0 Å². The molecule has 0 aromatic heterocycles. The summed E-state index contributed by atoms with van der Waals surface area (Å²) in [6, 6.07) is 35.7. The SMILES string of the molecule is Cc1ccc(Cl)cc1NC(=O)C(Sc1cccc(NC(=O)/C(=C\c2ccc([N+](=O)[O-])cc2)NC(=O)c2ccccc2)c1)c1ccccc1. The van der Waals surface area contributed by atoms with Crippen molar-refractivity contribution in [2.45, 2.75) is 17.1 Å². The minimum Gasteiger partial charge on any atom is -0.325 e. The maximum absolute atomic E-state index is 13.7. The highest BCUT2D eigenvalue weighted by molar-refractivity contribution is 8.00. The number of thioether (sulfide) groups is 1. The number of nitro benzene ring substituents is 1. The number of amides is 3. The quantitative estimate of drug-likeness (QED) is 0.0557. The molecule has 11 heteroatoms. The molecular weight excluding hydrogens is 648 g/mol. The summed E-state index contributed by atoms with van der Waals surface area (Å²) in [6.45, 7) is 1.88. The first-order chi connectivity index (χ1) is 23.2. The van der Waals surface area contributed by atoms with Gasteiger partial charge in [0.1, 0.15) is 10.9 Å². The van der Waals surface area contributed by atoms with Crippen LogP contribution in [0.15, 0.2) is 138 Å². The molecule has 1 atom stereocenters. The third-order valence-corrected chi connectivity index (χ3v) is 8.57. The van der Waals surface area contributed by atoms with E-state index in [1.807, 2.05) is 49.4 Å². The monoisotopic (exact) mass is 676 g/mol. The molecule has 0 saturated heterocycles. The van der Waals surface area contributed by atoms with Crippen molar-refractivity contribution in [2.75, 3.05) is 10.6 Å². The summed E-state index contributed by atoms with van der Waals surface area (Å²) >= 11 is 7.49. The molecule has 0 heterocycles. The molecule has 0 bridgehead atoms. The first kappa shape index (κ1) is 33.6. The molecule has 3 amide bonds. The van der Waals surface area contributed by atoms with Crippen LogP contribution in [0.4, 0.5) is 17.1 Å². The number of nitrogens with zero attached hydrogens (tertiary/aromatic N) is 1.